The van der Waals surface area contributed by atoms with Gasteiger partial charge in [0.1, 0.15) is 11.6 Å². The third-order valence-corrected chi connectivity index (χ3v) is 4.94. The van der Waals surface area contributed by atoms with E-state index in [0.29, 0.717) is 12.6 Å². The van der Waals surface area contributed by atoms with E-state index in [1.165, 1.54) is 17.7 Å². The summed E-state index contributed by atoms with van der Waals surface area (Å²) < 4.78 is 19.0. The van der Waals surface area contributed by atoms with Crippen LogP contribution in [0.15, 0.2) is 48.5 Å². The van der Waals surface area contributed by atoms with Gasteiger partial charge in [0.25, 0.3) is 0 Å². The summed E-state index contributed by atoms with van der Waals surface area (Å²) in [6, 6.07) is 15.2. The molecular weight excluding hydrogens is 317 g/mol. The van der Waals surface area contributed by atoms with Crippen molar-refractivity contribution in [2.75, 3.05) is 20.2 Å². The highest BCUT2D eigenvalue weighted by atomic mass is 19.1. The van der Waals surface area contributed by atoms with Gasteiger partial charge in [-0.3, -0.25) is 0 Å². The number of aliphatic hydroxyl groups is 1. The molecule has 2 atom stereocenters. The standard InChI is InChI=1S/C21H26FNO2/c1-23-15-20(24)14-19(23)12-13-25-21-5-3-2-4-17(21)9-6-16-7-10-18(22)11-8-16/h2-5,7-8,10-11,19-20,24H,6,9,12-15H2,1H3. The monoisotopic (exact) mass is 343 g/mol. The summed E-state index contributed by atoms with van der Waals surface area (Å²) in [4.78, 5) is 2.20. The Hall–Kier alpha value is -1.91. The highest BCUT2D eigenvalue weighted by Gasteiger charge is 2.27. The number of ether oxygens (including phenoxy) is 1. The summed E-state index contributed by atoms with van der Waals surface area (Å²) in [5, 5.41) is 9.72. The van der Waals surface area contributed by atoms with Crippen molar-refractivity contribution >= 4 is 0 Å². The quantitative estimate of drug-likeness (QED) is 0.836. The maximum Gasteiger partial charge on any atom is 0.123 e. The van der Waals surface area contributed by atoms with Gasteiger partial charge in [0.2, 0.25) is 0 Å². The minimum atomic E-state index is -0.210. The van der Waals surface area contributed by atoms with Gasteiger partial charge in [0.15, 0.2) is 0 Å². The zero-order valence-electron chi connectivity index (χ0n) is 14.7. The maximum absolute atomic E-state index is 13.0. The molecule has 1 aliphatic rings. The van der Waals surface area contributed by atoms with Crippen molar-refractivity contribution in [1.29, 1.82) is 0 Å². The lowest BCUT2D eigenvalue weighted by molar-refractivity contribution is 0.182. The maximum atomic E-state index is 13.0. The molecule has 1 saturated heterocycles. The number of hydrogen-bond acceptors (Lipinski definition) is 3. The predicted molar refractivity (Wildman–Crippen MR) is 97.4 cm³/mol. The molecule has 0 amide bonds. The third-order valence-electron chi connectivity index (χ3n) is 4.94. The Kier molecular flexibility index (Phi) is 6.05. The number of rotatable bonds is 7. The summed E-state index contributed by atoms with van der Waals surface area (Å²) in [5.74, 6) is 0.722. The molecule has 2 aromatic carbocycles. The average molecular weight is 343 g/mol. The van der Waals surface area contributed by atoms with Gasteiger partial charge < -0.3 is 14.7 Å². The summed E-state index contributed by atoms with van der Waals surface area (Å²) in [6.07, 6.45) is 3.26. The molecule has 0 aromatic heterocycles. The van der Waals surface area contributed by atoms with Gasteiger partial charge in [0.05, 0.1) is 12.7 Å². The van der Waals surface area contributed by atoms with Crippen LogP contribution in [0.4, 0.5) is 4.39 Å². The van der Waals surface area contributed by atoms with Crippen LogP contribution in [0.1, 0.15) is 24.0 Å². The van der Waals surface area contributed by atoms with Crippen LogP contribution in [0.5, 0.6) is 5.75 Å². The van der Waals surface area contributed by atoms with Crippen LogP contribution >= 0.6 is 0 Å². The number of β-amino-alcohol motifs (C(OH)–C–C–N with tert-alkyl or cyclic N) is 1. The summed E-state index contributed by atoms with van der Waals surface area (Å²) >= 11 is 0. The van der Waals surface area contributed by atoms with Crippen LogP contribution in [-0.2, 0) is 12.8 Å². The lowest BCUT2D eigenvalue weighted by Gasteiger charge is -2.19. The lowest BCUT2D eigenvalue weighted by Crippen LogP contribution is -2.26. The van der Waals surface area contributed by atoms with Crippen molar-refractivity contribution in [3.8, 4) is 5.75 Å². The number of likely N-dealkylation sites (tertiary alicyclic amines) is 1. The van der Waals surface area contributed by atoms with E-state index in [0.717, 1.165) is 43.5 Å². The van der Waals surface area contributed by atoms with Gasteiger partial charge in [-0.25, -0.2) is 4.39 Å². The molecule has 2 unspecified atom stereocenters. The number of halogens is 1. The van der Waals surface area contributed by atoms with Crippen LogP contribution in [0.3, 0.4) is 0 Å². The van der Waals surface area contributed by atoms with Crippen molar-refractivity contribution in [1.82, 2.24) is 4.90 Å². The van der Waals surface area contributed by atoms with Crippen LogP contribution in [0.2, 0.25) is 0 Å². The fraction of sp³-hybridized carbons (Fsp3) is 0.429. The second-order valence-electron chi connectivity index (χ2n) is 6.85. The molecule has 0 spiro atoms. The van der Waals surface area contributed by atoms with Crippen molar-refractivity contribution in [2.45, 2.75) is 37.8 Å². The first-order chi connectivity index (χ1) is 12.1. The number of hydrogen-bond donors (Lipinski definition) is 1. The largest absolute Gasteiger partial charge is 0.493 e. The van der Waals surface area contributed by atoms with Gasteiger partial charge in [-0.15, -0.1) is 0 Å². The SMILES string of the molecule is CN1CC(O)CC1CCOc1ccccc1CCc1ccc(F)cc1. The molecule has 3 nitrogen and oxygen atoms in total. The second kappa shape index (κ2) is 8.45. The van der Waals surface area contributed by atoms with E-state index < -0.39 is 0 Å². The first-order valence-electron chi connectivity index (χ1n) is 8.95. The molecular formula is C21H26FNO2. The Bertz CT molecular complexity index is 674. The average Bonchev–Trinajstić information content (AvgIpc) is 2.93. The minimum absolute atomic E-state index is 0.200. The molecule has 2 aromatic rings. The van der Waals surface area contributed by atoms with E-state index in [4.69, 9.17) is 4.74 Å². The Labute approximate surface area is 149 Å². The molecule has 0 saturated carbocycles. The summed E-state index contributed by atoms with van der Waals surface area (Å²) in [5.41, 5.74) is 2.30. The Balaban J connectivity index is 1.52. The zero-order valence-corrected chi connectivity index (χ0v) is 14.7. The first kappa shape index (κ1) is 17.9. The highest BCUT2D eigenvalue weighted by molar-refractivity contribution is 5.34. The summed E-state index contributed by atoms with van der Waals surface area (Å²) in [6.45, 7) is 1.40. The van der Waals surface area contributed by atoms with E-state index in [2.05, 4.69) is 18.0 Å². The van der Waals surface area contributed by atoms with Crippen molar-refractivity contribution < 1.29 is 14.2 Å². The van der Waals surface area contributed by atoms with Gasteiger partial charge in [-0.2, -0.15) is 0 Å². The molecule has 4 heteroatoms. The second-order valence-corrected chi connectivity index (χ2v) is 6.85. The van der Waals surface area contributed by atoms with Crippen molar-refractivity contribution in [3.05, 3.63) is 65.5 Å². The number of likely N-dealkylation sites (N-methyl/N-ethyl adjacent to an activating group) is 1. The fourth-order valence-corrected chi connectivity index (χ4v) is 3.47. The molecule has 3 rings (SSSR count). The van der Waals surface area contributed by atoms with Crippen LogP contribution < -0.4 is 4.74 Å². The van der Waals surface area contributed by atoms with E-state index in [1.54, 1.807) is 0 Å². The number of aliphatic hydroxyl groups excluding tert-OH is 1. The molecule has 1 fully saturated rings. The Morgan fingerprint density at radius 2 is 1.88 bits per heavy atom. The number of benzene rings is 2. The molecule has 25 heavy (non-hydrogen) atoms. The van der Waals surface area contributed by atoms with Crippen LogP contribution in [-0.4, -0.2) is 42.4 Å². The van der Waals surface area contributed by atoms with Gasteiger partial charge in [-0.1, -0.05) is 30.3 Å². The van der Waals surface area contributed by atoms with E-state index in [-0.39, 0.29) is 11.9 Å². The number of nitrogens with zero attached hydrogens (tertiary/aromatic N) is 1. The summed E-state index contributed by atoms with van der Waals surface area (Å²) in [7, 11) is 2.05. The normalized spacial score (nSPS) is 20.8. The van der Waals surface area contributed by atoms with Gasteiger partial charge >= 0.3 is 0 Å². The van der Waals surface area contributed by atoms with Gasteiger partial charge in [-0.05, 0) is 62.1 Å². The number of para-hydroxylation sites is 1. The zero-order chi connectivity index (χ0) is 17.6. The number of aryl methyl sites for hydroxylation is 2. The Morgan fingerprint density at radius 1 is 1.12 bits per heavy atom. The van der Waals surface area contributed by atoms with Crippen LogP contribution in [0, 0.1) is 5.82 Å². The molecule has 1 heterocycles. The van der Waals surface area contributed by atoms with E-state index >= 15 is 0 Å². The molecule has 0 aliphatic carbocycles. The van der Waals surface area contributed by atoms with E-state index in [9.17, 15) is 9.50 Å². The molecule has 1 aliphatic heterocycles. The topological polar surface area (TPSA) is 32.7 Å². The third kappa shape index (κ3) is 5.03. The smallest absolute Gasteiger partial charge is 0.123 e. The molecule has 0 radical (unpaired) electrons. The predicted octanol–water partition coefficient (Wildman–Crippen LogP) is 3.44. The van der Waals surface area contributed by atoms with Gasteiger partial charge in [0, 0.05) is 12.6 Å². The lowest BCUT2D eigenvalue weighted by atomic mass is 10.0. The highest BCUT2D eigenvalue weighted by Crippen LogP contribution is 2.22. The minimum Gasteiger partial charge on any atom is -0.493 e. The molecule has 134 valence electrons. The molecule has 1 N–H and O–H groups in total. The fourth-order valence-electron chi connectivity index (χ4n) is 3.47. The van der Waals surface area contributed by atoms with Crippen LogP contribution in [0.25, 0.3) is 0 Å². The van der Waals surface area contributed by atoms with Crippen molar-refractivity contribution in [2.24, 2.45) is 0 Å². The van der Waals surface area contributed by atoms with E-state index in [1.807, 2.05) is 30.3 Å². The molecule has 0 bridgehead atoms. The Morgan fingerprint density at radius 3 is 2.60 bits per heavy atom. The first-order valence-corrected chi connectivity index (χ1v) is 8.95. The van der Waals surface area contributed by atoms with Crippen molar-refractivity contribution in [3.63, 3.8) is 0 Å².